The normalized spacial score (nSPS) is 9.80. The molecule has 0 bridgehead atoms. The maximum absolute atomic E-state index is 5.77. The fraction of sp³-hybridized carbons (Fsp3) is 0.286. The van der Waals surface area contributed by atoms with Crippen LogP contribution in [-0.2, 0) is 0 Å². The molecule has 3 heteroatoms. The highest BCUT2D eigenvalue weighted by Crippen LogP contribution is 2.23. The van der Waals surface area contributed by atoms with Gasteiger partial charge in [-0.3, -0.25) is 0 Å². The van der Waals surface area contributed by atoms with Crippen molar-refractivity contribution in [1.82, 2.24) is 4.98 Å². The van der Waals surface area contributed by atoms with Crippen molar-refractivity contribution in [1.29, 1.82) is 0 Å². The molecule has 1 aromatic rings. The lowest BCUT2D eigenvalue weighted by atomic mass is 10.5. The van der Waals surface area contributed by atoms with Crippen molar-refractivity contribution >= 4 is 23.4 Å². The van der Waals surface area contributed by atoms with Gasteiger partial charge in [0.2, 0.25) is 0 Å². The molecule has 0 aliphatic rings. The maximum Gasteiger partial charge on any atom is 0.142 e. The minimum Gasteiger partial charge on any atom is -0.243 e. The molecular weight excluding hydrogens is 166 g/mol. The second-order valence-electron chi connectivity index (χ2n) is 1.73. The number of nitrogens with zero attached hydrogens (tertiary/aromatic N) is 1. The average Bonchev–Trinajstić information content (AvgIpc) is 1.94. The van der Waals surface area contributed by atoms with Gasteiger partial charge in [0.25, 0.3) is 0 Å². The van der Waals surface area contributed by atoms with E-state index in [0.29, 0.717) is 5.15 Å². The van der Waals surface area contributed by atoms with Gasteiger partial charge in [-0.15, -0.1) is 11.8 Å². The Hall–Kier alpha value is -0.210. The van der Waals surface area contributed by atoms with Crippen molar-refractivity contribution in [2.45, 2.75) is 11.8 Å². The van der Waals surface area contributed by atoms with Crippen LogP contribution in [0.15, 0.2) is 23.2 Å². The third kappa shape index (κ3) is 1.89. The molecule has 0 spiro atoms. The molecule has 0 N–H and O–H groups in total. The number of aromatic nitrogens is 1. The molecule has 0 amide bonds. The predicted octanol–water partition coefficient (Wildman–Crippen LogP) is 2.85. The van der Waals surface area contributed by atoms with Gasteiger partial charge in [-0.1, -0.05) is 18.5 Å². The fourth-order valence-electron chi connectivity index (χ4n) is 0.634. The third-order valence-electron chi connectivity index (χ3n) is 1.02. The molecule has 0 unspecified atom stereocenters. The monoisotopic (exact) mass is 173 g/mol. The Balaban J connectivity index is 2.81. The summed E-state index contributed by atoms with van der Waals surface area (Å²) in [4.78, 5) is 5.00. The number of pyridine rings is 1. The first-order valence-corrected chi connectivity index (χ1v) is 4.44. The summed E-state index contributed by atoms with van der Waals surface area (Å²) in [6, 6.07) is 3.87. The van der Waals surface area contributed by atoms with Crippen molar-refractivity contribution in [3.05, 3.63) is 23.5 Å². The Morgan fingerprint density at radius 3 is 3.10 bits per heavy atom. The van der Waals surface area contributed by atoms with Gasteiger partial charge in [0.15, 0.2) is 0 Å². The molecule has 0 aromatic carbocycles. The minimum atomic E-state index is 0.606. The number of rotatable bonds is 2. The third-order valence-corrected chi connectivity index (χ3v) is 2.37. The lowest BCUT2D eigenvalue weighted by molar-refractivity contribution is 1.24. The summed E-state index contributed by atoms with van der Waals surface area (Å²) in [6.07, 6.45) is 1.70. The predicted molar refractivity (Wildman–Crippen MR) is 45.6 cm³/mol. The summed E-state index contributed by atoms with van der Waals surface area (Å²) in [6.45, 7) is 2.09. The van der Waals surface area contributed by atoms with E-state index < -0.39 is 0 Å². The SMILES string of the molecule is CCSc1cccnc1Cl. The molecule has 1 aromatic heterocycles. The molecule has 54 valence electrons. The van der Waals surface area contributed by atoms with Crippen LogP contribution in [0.5, 0.6) is 0 Å². The van der Waals surface area contributed by atoms with Gasteiger partial charge in [-0.25, -0.2) is 4.98 Å². The van der Waals surface area contributed by atoms with Gasteiger partial charge < -0.3 is 0 Å². The molecule has 0 atom stereocenters. The molecule has 10 heavy (non-hydrogen) atoms. The van der Waals surface area contributed by atoms with E-state index in [1.54, 1.807) is 18.0 Å². The lowest BCUT2D eigenvalue weighted by Gasteiger charge is -1.97. The van der Waals surface area contributed by atoms with Crippen LogP contribution in [0.25, 0.3) is 0 Å². The summed E-state index contributed by atoms with van der Waals surface area (Å²) < 4.78 is 0. The molecule has 0 saturated heterocycles. The molecular formula is C7H8ClNS. The fourth-order valence-corrected chi connectivity index (χ4v) is 1.58. The van der Waals surface area contributed by atoms with Gasteiger partial charge in [0, 0.05) is 11.1 Å². The van der Waals surface area contributed by atoms with Crippen LogP contribution in [0.2, 0.25) is 5.15 Å². The smallest absolute Gasteiger partial charge is 0.142 e. The number of hydrogen-bond acceptors (Lipinski definition) is 2. The minimum absolute atomic E-state index is 0.606. The average molecular weight is 174 g/mol. The highest BCUT2D eigenvalue weighted by Gasteiger charge is 1.96. The van der Waals surface area contributed by atoms with Crippen LogP contribution in [0.3, 0.4) is 0 Å². The van der Waals surface area contributed by atoms with Crippen molar-refractivity contribution < 1.29 is 0 Å². The Labute approximate surface area is 69.8 Å². The summed E-state index contributed by atoms with van der Waals surface area (Å²) in [5.74, 6) is 1.03. The van der Waals surface area contributed by atoms with Crippen LogP contribution in [0, 0.1) is 0 Å². The van der Waals surface area contributed by atoms with Crippen LogP contribution in [-0.4, -0.2) is 10.7 Å². The molecule has 0 aliphatic heterocycles. The van der Waals surface area contributed by atoms with Crippen molar-refractivity contribution in [2.75, 3.05) is 5.75 Å². The van der Waals surface area contributed by atoms with E-state index in [0.717, 1.165) is 10.6 Å². The summed E-state index contributed by atoms with van der Waals surface area (Å²) in [5.41, 5.74) is 0. The van der Waals surface area contributed by atoms with Gasteiger partial charge in [-0.2, -0.15) is 0 Å². The van der Waals surface area contributed by atoms with E-state index in [4.69, 9.17) is 11.6 Å². The zero-order chi connectivity index (χ0) is 7.40. The highest BCUT2D eigenvalue weighted by molar-refractivity contribution is 7.99. The van der Waals surface area contributed by atoms with E-state index in [1.807, 2.05) is 12.1 Å². The first kappa shape index (κ1) is 7.89. The first-order chi connectivity index (χ1) is 4.84. The summed E-state index contributed by atoms with van der Waals surface area (Å²) in [7, 11) is 0. The van der Waals surface area contributed by atoms with E-state index in [9.17, 15) is 0 Å². The number of halogens is 1. The van der Waals surface area contributed by atoms with Gasteiger partial charge in [-0.05, 0) is 17.9 Å². The number of thioether (sulfide) groups is 1. The summed E-state index contributed by atoms with van der Waals surface area (Å²) >= 11 is 7.48. The summed E-state index contributed by atoms with van der Waals surface area (Å²) in [5, 5.41) is 0.606. The standard InChI is InChI=1S/C7H8ClNS/c1-2-10-6-4-3-5-9-7(6)8/h3-5H,2H2,1H3. The van der Waals surface area contributed by atoms with Gasteiger partial charge in [0.1, 0.15) is 5.15 Å². The number of hydrogen-bond donors (Lipinski definition) is 0. The van der Waals surface area contributed by atoms with Crippen molar-refractivity contribution in [2.24, 2.45) is 0 Å². The quantitative estimate of drug-likeness (QED) is 0.504. The Morgan fingerprint density at radius 2 is 2.50 bits per heavy atom. The second-order valence-corrected chi connectivity index (χ2v) is 3.39. The van der Waals surface area contributed by atoms with Crippen LogP contribution in [0.1, 0.15) is 6.92 Å². The Kier molecular flexibility index (Phi) is 3.03. The molecule has 0 saturated carbocycles. The Bertz CT molecular complexity index is 215. The lowest BCUT2D eigenvalue weighted by Crippen LogP contribution is -1.77. The van der Waals surface area contributed by atoms with E-state index in [2.05, 4.69) is 11.9 Å². The largest absolute Gasteiger partial charge is 0.243 e. The van der Waals surface area contributed by atoms with Crippen molar-refractivity contribution in [3.63, 3.8) is 0 Å². The van der Waals surface area contributed by atoms with Gasteiger partial charge in [0.05, 0.1) is 0 Å². The van der Waals surface area contributed by atoms with Gasteiger partial charge >= 0.3 is 0 Å². The molecule has 1 nitrogen and oxygen atoms in total. The molecule has 0 aliphatic carbocycles. The van der Waals surface area contributed by atoms with Crippen LogP contribution in [0.4, 0.5) is 0 Å². The molecule has 1 heterocycles. The topological polar surface area (TPSA) is 12.9 Å². The molecule has 1 rings (SSSR count). The molecule has 0 fully saturated rings. The zero-order valence-electron chi connectivity index (χ0n) is 5.67. The van der Waals surface area contributed by atoms with Crippen LogP contribution >= 0.6 is 23.4 Å². The zero-order valence-corrected chi connectivity index (χ0v) is 7.25. The maximum atomic E-state index is 5.77. The van der Waals surface area contributed by atoms with Crippen molar-refractivity contribution in [3.8, 4) is 0 Å². The Morgan fingerprint density at radius 1 is 1.70 bits per heavy atom. The van der Waals surface area contributed by atoms with Crippen LogP contribution < -0.4 is 0 Å². The van der Waals surface area contributed by atoms with E-state index in [1.165, 1.54) is 0 Å². The van der Waals surface area contributed by atoms with E-state index >= 15 is 0 Å². The van der Waals surface area contributed by atoms with E-state index in [-0.39, 0.29) is 0 Å². The highest BCUT2D eigenvalue weighted by atomic mass is 35.5. The second kappa shape index (κ2) is 3.84. The molecule has 0 radical (unpaired) electrons. The first-order valence-electron chi connectivity index (χ1n) is 3.08.